The van der Waals surface area contributed by atoms with Gasteiger partial charge in [0.15, 0.2) is 0 Å². The molecule has 1 heterocycles. The van der Waals surface area contributed by atoms with E-state index in [1.807, 2.05) is 42.5 Å². The lowest BCUT2D eigenvalue weighted by molar-refractivity contribution is -0.122. The zero-order valence-corrected chi connectivity index (χ0v) is 14.7. The fourth-order valence-corrected chi connectivity index (χ4v) is 3.77. The second kappa shape index (κ2) is 6.92. The number of imidazole rings is 1. The van der Waals surface area contributed by atoms with Crippen molar-refractivity contribution in [1.29, 1.82) is 0 Å². The van der Waals surface area contributed by atoms with E-state index in [1.54, 1.807) is 0 Å². The molecule has 0 saturated carbocycles. The number of aromatic amines is 1. The number of aryl methyl sites for hydroxylation is 2. The van der Waals surface area contributed by atoms with E-state index < -0.39 is 5.60 Å². The first-order valence-corrected chi connectivity index (χ1v) is 9.15. The maximum absolute atomic E-state index is 12.3. The van der Waals surface area contributed by atoms with Crippen molar-refractivity contribution in [3.63, 3.8) is 0 Å². The van der Waals surface area contributed by atoms with E-state index in [2.05, 4.69) is 21.4 Å². The van der Waals surface area contributed by atoms with Crippen molar-refractivity contribution < 1.29 is 9.90 Å². The Balaban J connectivity index is 1.35. The van der Waals surface area contributed by atoms with E-state index in [0.717, 1.165) is 35.3 Å². The Morgan fingerprint density at radius 3 is 2.88 bits per heavy atom. The molecule has 5 heteroatoms. The standard InChI is InChI=1S/C21H23N3O2/c25-20(12-11-19-23-17-9-3-4-10-18(17)24-19)22-14-21(26)13-5-7-15-6-1-2-8-16(15)21/h1-4,6,8-10,26H,5,7,11-14H2,(H,22,25)(H,23,24)/t21-/m1/s1. The van der Waals surface area contributed by atoms with E-state index in [0.29, 0.717) is 19.3 Å². The zero-order valence-electron chi connectivity index (χ0n) is 14.7. The lowest BCUT2D eigenvalue weighted by atomic mass is 9.79. The number of carbonyl (C=O) groups excluding carboxylic acids is 1. The molecule has 1 aliphatic carbocycles. The van der Waals surface area contributed by atoms with Crippen molar-refractivity contribution in [2.75, 3.05) is 6.54 Å². The Labute approximate surface area is 152 Å². The molecule has 0 aliphatic heterocycles. The van der Waals surface area contributed by atoms with Crippen molar-refractivity contribution in [3.8, 4) is 0 Å². The molecule has 4 rings (SSSR count). The van der Waals surface area contributed by atoms with Crippen molar-refractivity contribution in [2.45, 2.75) is 37.7 Å². The fraction of sp³-hybridized carbons (Fsp3) is 0.333. The van der Waals surface area contributed by atoms with Crippen molar-refractivity contribution in [3.05, 3.63) is 65.5 Å². The third-order valence-corrected chi connectivity index (χ3v) is 5.16. The molecule has 26 heavy (non-hydrogen) atoms. The molecule has 3 N–H and O–H groups in total. The van der Waals surface area contributed by atoms with E-state index in [1.165, 1.54) is 5.56 Å². The van der Waals surface area contributed by atoms with Gasteiger partial charge in [-0.25, -0.2) is 4.98 Å². The van der Waals surface area contributed by atoms with Gasteiger partial charge in [-0.2, -0.15) is 0 Å². The van der Waals surface area contributed by atoms with Crippen LogP contribution in [0.3, 0.4) is 0 Å². The quantitative estimate of drug-likeness (QED) is 0.663. The molecule has 2 aromatic carbocycles. The van der Waals surface area contributed by atoms with Gasteiger partial charge in [0.05, 0.1) is 17.6 Å². The molecule has 0 bridgehead atoms. The van der Waals surface area contributed by atoms with E-state index in [-0.39, 0.29) is 12.5 Å². The maximum Gasteiger partial charge on any atom is 0.220 e. The van der Waals surface area contributed by atoms with Crippen molar-refractivity contribution in [1.82, 2.24) is 15.3 Å². The summed E-state index contributed by atoms with van der Waals surface area (Å²) in [5, 5.41) is 13.9. The first-order valence-electron chi connectivity index (χ1n) is 9.15. The number of para-hydroxylation sites is 2. The predicted octanol–water partition coefficient (Wildman–Crippen LogP) is 2.84. The summed E-state index contributed by atoms with van der Waals surface area (Å²) in [4.78, 5) is 20.0. The van der Waals surface area contributed by atoms with Gasteiger partial charge in [0, 0.05) is 12.8 Å². The number of H-pyrrole nitrogens is 1. The highest BCUT2D eigenvalue weighted by Crippen LogP contribution is 2.34. The minimum absolute atomic E-state index is 0.0677. The van der Waals surface area contributed by atoms with Crippen molar-refractivity contribution in [2.24, 2.45) is 0 Å². The van der Waals surface area contributed by atoms with Gasteiger partial charge in [-0.1, -0.05) is 36.4 Å². The molecule has 1 aliphatic rings. The van der Waals surface area contributed by atoms with E-state index in [4.69, 9.17) is 0 Å². The number of aliphatic hydroxyl groups is 1. The first kappa shape index (κ1) is 16.8. The Bertz CT molecular complexity index is 901. The Morgan fingerprint density at radius 2 is 2.00 bits per heavy atom. The highest BCUT2D eigenvalue weighted by atomic mass is 16.3. The molecule has 5 nitrogen and oxygen atoms in total. The normalized spacial score (nSPS) is 19.3. The van der Waals surface area contributed by atoms with Crippen LogP contribution >= 0.6 is 0 Å². The van der Waals surface area contributed by atoms with Gasteiger partial charge in [0.1, 0.15) is 11.4 Å². The third-order valence-electron chi connectivity index (χ3n) is 5.16. The first-order chi connectivity index (χ1) is 12.6. The van der Waals surface area contributed by atoms with Gasteiger partial charge >= 0.3 is 0 Å². The molecular formula is C21H23N3O2. The molecule has 0 saturated heterocycles. The number of carbonyl (C=O) groups is 1. The molecule has 1 amide bonds. The largest absolute Gasteiger partial charge is 0.383 e. The second-order valence-electron chi connectivity index (χ2n) is 7.02. The van der Waals surface area contributed by atoms with Crippen LogP contribution in [0.5, 0.6) is 0 Å². The Hall–Kier alpha value is -2.66. The molecule has 0 spiro atoms. The summed E-state index contributed by atoms with van der Waals surface area (Å²) in [6, 6.07) is 15.8. The van der Waals surface area contributed by atoms with Crippen LogP contribution in [0.4, 0.5) is 0 Å². The van der Waals surface area contributed by atoms with Crippen LogP contribution in [0, 0.1) is 0 Å². The Kier molecular flexibility index (Phi) is 4.47. The van der Waals surface area contributed by atoms with Gasteiger partial charge in [0.2, 0.25) is 5.91 Å². The van der Waals surface area contributed by atoms with Crippen LogP contribution in [0.1, 0.15) is 36.2 Å². The summed E-state index contributed by atoms with van der Waals surface area (Å²) >= 11 is 0. The second-order valence-corrected chi connectivity index (χ2v) is 7.02. The summed E-state index contributed by atoms with van der Waals surface area (Å²) in [7, 11) is 0. The molecule has 0 fully saturated rings. The average Bonchev–Trinajstić information content (AvgIpc) is 3.08. The lowest BCUT2D eigenvalue weighted by Crippen LogP contribution is -2.43. The predicted molar refractivity (Wildman–Crippen MR) is 101 cm³/mol. The summed E-state index contributed by atoms with van der Waals surface area (Å²) < 4.78 is 0. The van der Waals surface area contributed by atoms with Gasteiger partial charge in [-0.15, -0.1) is 0 Å². The molecule has 1 atom stereocenters. The van der Waals surface area contributed by atoms with Gasteiger partial charge < -0.3 is 15.4 Å². The number of aromatic nitrogens is 2. The molecular weight excluding hydrogens is 326 g/mol. The van der Waals surface area contributed by atoms with Gasteiger partial charge in [-0.05, 0) is 42.5 Å². The lowest BCUT2D eigenvalue weighted by Gasteiger charge is -2.34. The van der Waals surface area contributed by atoms with Gasteiger partial charge in [-0.3, -0.25) is 4.79 Å². The van der Waals surface area contributed by atoms with E-state index in [9.17, 15) is 9.90 Å². The number of rotatable bonds is 5. The summed E-state index contributed by atoms with van der Waals surface area (Å²) in [6.45, 7) is 0.253. The van der Waals surface area contributed by atoms with Crippen LogP contribution in [0.15, 0.2) is 48.5 Å². The van der Waals surface area contributed by atoms with Crippen LogP contribution < -0.4 is 5.32 Å². The van der Waals surface area contributed by atoms with Crippen molar-refractivity contribution >= 4 is 16.9 Å². The molecule has 0 unspecified atom stereocenters. The van der Waals surface area contributed by atoms with Crippen LogP contribution in [0.2, 0.25) is 0 Å². The number of hydrogen-bond donors (Lipinski definition) is 3. The maximum atomic E-state index is 12.3. The SMILES string of the molecule is O=C(CCc1nc2ccccc2[nH]1)NC[C@]1(O)CCCc2ccccc21. The van der Waals surface area contributed by atoms with Gasteiger partial charge in [0.25, 0.3) is 0 Å². The average molecular weight is 349 g/mol. The van der Waals surface area contributed by atoms with Crippen LogP contribution in [-0.4, -0.2) is 27.5 Å². The molecule has 134 valence electrons. The van der Waals surface area contributed by atoms with Crippen LogP contribution in [-0.2, 0) is 23.2 Å². The number of hydrogen-bond acceptors (Lipinski definition) is 3. The number of nitrogens with zero attached hydrogens (tertiary/aromatic N) is 1. The topological polar surface area (TPSA) is 78.0 Å². The smallest absolute Gasteiger partial charge is 0.220 e. The number of nitrogens with one attached hydrogen (secondary N) is 2. The fourth-order valence-electron chi connectivity index (χ4n) is 3.77. The van der Waals surface area contributed by atoms with Crippen LogP contribution in [0.25, 0.3) is 11.0 Å². The number of amides is 1. The monoisotopic (exact) mass is 349 g/mol. The third kappa shape index (κ3) is 3.35. The minimum Gasteiger partial charge on any atom is -0.383 e. The molecule has 1 aromatic heterocycles. The van der Waals surface area contributed by atoms with E-state index >= 15 is 0 Å². The minimum atomic E-state index is -0.968. The molecule has 0 radical (unpaired) electrons. The highest BCUT2D eigenvalue weighted by Gasteiger charge is 2.34. The Morgan fingerprint density at radius 1 is 1.19 bits per heavy atom. The molecule has 3 aromatic rings. The highest BCUT2D eigenvalue weighted by molar-refractivity contribution is 5.77. The number of benzene rings is 2. The number of fused-ring (bicyclic) bond motifs is 2. The summed E-state index contributed by atoms with van der Waals surface area (Å²) in [5.74, 6) is 0.741. The summed E-state index contributed by atoms with van der Waals surface area (Å²) in [5.41, 5.74) is 3.05. The zero-order chi connectivity index (χ0) is 18.0. The summed E-state index contributed by atoms with van der Waals surface area (Å²) in [6.07, 6.45) is 3.49.